The molecule has 0 atom stereocenters. The normalized spacial score (nSPS) is 12.8. The first-order valence-corrected chi connectivity index (χ1v) is 5.82. The van der Waals surface area contributed by atoms with E-state index in [0.29, 0.717) is 5.92 Å². The summed E-state index contributed by atoms with van der Waals surface area (Å²) in [6.45, 7) is 9.93. The summed E-state index contributed by atoms with van der Waals surface area (Å²) in [6, 6.07) is 0. The van der Waals surface area contributed by atoms with Crippen LogP contribution >= 0.6 is 0 Å². The maximum absolute atomic E-state index is 5.62. The molecule has 0 amide bonds. The van der Waals surface area contributed by atoms with Crippen LogP contribution in [0.2, 0.25) is 0 Å². The van der Waals surface area contributed by atoms with Gasteiger partial charge < -0.3 is 9.47 Å². The maximum Gasteiger partial charge on any atom is 0.141 e. The number of rotatable bonds is 6. The quantitative estimate of drug-likeness (QED) is 0.462. The van der Waals surface area contributed by atoms with Crippen molar-refractivity contribution in [1.29, 1.82) is 0 Å². The Morgan fingerprint density at radius 3 is 1.83 bits per heavy atom. The van der Waals surface area contributed by atoms with E-state index in [1.165, 1.54) is 0 Å². The topological polar surface area (TPSA) is 18.5 Å². The van der Waals surface area contributed by atoms with Gasteiger partial charge in [0.05, 0.1) is 10.2 Å². The van der Waals surface area contributed by atoms with E-state index in [4.69, 9.17) is 9.47 Å². The molecule has 0 rings (SSSR count). The van der Waals surface area contributed by atoms with Gasteiger partial charge in [-0.3, -0.25) is 0 Å². The largest absolute Gasteiger partial charge is 0.355 e. The number of ether oxygens (including phenoxy) is 2. The van der Waals surface area contributed by atoms with E-state index in [1.54, 1.807) is 0 Å². The zero-order chi connectivity index (χ0) is 9.61. The van der Waals surface area contributed by atoms with Crippen LogP contribution in [0, 0.1) is 5.92 Å². The van der Waals surface area contributed by atoms with E-state index in [0.717, 1.165) is 29.9 Å². The van der Waals surface area contributed by atoms with E-state index in [1.807, 2.05) is 13.8 Å². The fraction of sp³-hybridized carbons (Fsp3) is 1.00. The third-order valence-electron chi connectivity index (χ3n) is 1.68. The maximum atomic E-state index is 5.62. The second kappa shape index (κ2) is 5.73. The third-order valence-corrected chi connectivity index (χ3v) is 2.66. The number of hydrogen-bond acceptors (Lipinski definition) is 2. The summed E-state index contributed by atoms with van der Waals surface area (Å²) in [5, 5.41) is 0. The predicted octanol–water partition coefficient (Wildman–Crippen LogP) is 1.12. The SMILES string of the molecule is CCOC([SiH3])(CC(C)C)OCC. The molecule has 0 aromatic heterocycles. The summed E-state index contributed by atoms with van der Waals surface area (Å²) in [7, 11) is 0.941. The van der Waals surface area contributed by atoms with Gasteiger partial charge in [-0.05, 0) is 26.2 Å². The van der Waals surface area contributed by atoms with Crippen LogP contribution in [0.4, 0.5) is 0 Å². The van der Waals surface area contributed by atoms with Crippen molar-refractivity contribution < 1.29 is 9.47 Å². The van der Waals surface area contributed by atoms with Crippen molar-refractivity contribution in [1.82, 2.24) is 0 Å². The average molecular weight is 190 g/mol. The van der Waals surface area contributed by atoms with Gasteiger partial charge in [-0.2, -0.15) is 0 Å². The molecule has 2 nitrogen and oxygen atoms in total. The minimum Gasteiger partial charge on any atom is -0.355 e. The van der Waals surface area contributed by atoms with Crippen molar-refractivity contribution in [3.8, 4) is 0 Å². The van der Waals surface area contributed by atoms with Crippen LogP contribution in [0.25, 0.3) is 0 Å². The minimum atomic E-state index is -0.238. The standard InChI is InChI=1S/C9H22O2Si/c1-5-10-9(12,11-6-2)7-8(3)4/h8H,5-7H2,1-4,12H3. The second-order valence-electron chi connectivity index (χ2n) is 3.60. The highest BCUT2D eigenvalue weighted by Gasteiger charge is 2.25. The summed E-state index contributed by atoms with van der Waals surface area (Å²) in [5.41, 5.74) is -0.238. The van der Waals surface area contributed by atoms with E-state index in [9.17, 15) is 0 Å². The second-order valence-corrected chi connectivity index (χ2v) is 5.12. The van der Waals surface area contributed by atoms with Crippen molar-refractivity contribution in [3.63, 3.8) is 0 Å². The molecule has 0 heterocycles. The molecule has 0 saturated carbocycles. The van der Waals surface area contributed by atoms with E-state index < -0.39 is 0 Å². The lowest BCUT2D eigenvalue weighted by molar-refractivity contribution is -0.181. The Labute approximate surface area is 79.1 Å². The summed E-state index contributed by atoms with van der Waals surface area (Å²) >= 11 is 0. The lowest BCUT2D eigenvalue weighted by Gasteiger charge is -2.31. The van der Waals surface area contributed by atoms with Crippen molar-refractivity contribution in [2.75, 3.05) is 13.2 Å². The highest BCUT2D eigenvalue weighted by Crippen LogP contribution is 2.19. The minimum absolute atomic E-state index is 0.238. The molecule has 0 unspecified atom stereocenters. The van der Waals surface area contributed by atoms with Crippen molar-refractivity contribution in [2.24, 2.45) is 5.92 Å². The molecule has 0 aliphatic heterocycles. The average Bonchev–Trinajstić information content (AvgIpc) is 1.85. The third kappa shape index (κ3) is 4.90. The first kappa shape index (κ1) is 12.1. The summed E-state index contributed by atoms with van der Waals surface area (Å²) < 4.78 is 11.2. The molecular formula is C9H22O2Si. The Bertz CT molecular complexity index is 109. The highest BCUT2D eigenvalue weighted by atomic mass is 28.1. The molecule has 0 N–H and O–H groups in total. The van der Waals surface area contributed by atoms with Gasteiger partial charge in [-0.1, -0.05) is 13.8 Å². The molecule has 0 fully saturated rings. The smallest absolute Gasteiger partial charge is 0.141 e. The van der Waals surface area contributed by atoms with Crippen LogP contribution in [0.5, 0.6) is 0 Å². The van der Waals surface area contributed by atoms with Crippen LogP contribution < -0.4 is 0 Å². The lowest BCUT2D eigenvalue weighted by Crippen LogP contribution is -2.38. The molecule has 12 heavy (non-hydrogen) atoms. The predicted molar refractivity (Wildman–Crippen MR) is 55.4 cm³/mol. The molecule has 0 bridgehead atoms. The Kier molecular flexibility index (Phi) is 5.79. The molecule has 0 aliphatic carbocycles. The van der Waals surface area contributed by atoms with Gasteiger partial charge in [0.25, 0.3) is 0 Å². The molecule has 0 aromatic carbocycles. The van der Waals surface area contributed by atoms with E-state index in [-0.39, 0.29) is 5.41 Å². The Morgan fingerprint density at radius 1 is 1.17 bits per heavy atom. The Morgan fingerprint density at radius 2 is 1.58 bits per heavy atom. The molecule has 0 aliphatic rings. The highest BCUT2D eigenvalue weighted by molar-refractivity contribution is 6.13. The summed E-state index contributed by atoms with van der Waals surface area (Å²) in [6.07, 6.45) is 1.01. The molecule has 0 radical (unpaired) electrons. The lowest BCUT2D eigenvalue weighted by atomic mass is 10.1. The fourth-order valence-corrected chi connectivity index (χ4v) is 2.91. The van der Waals surface area contributed by atoms with Crippen LogP contribution in [0.3, 0.4) is 0 Å². The van der Waals surface area contributed by atoms with Gasteiger partial charge in [0.15, 0.2) is 0 Å². The fourth-order valence-electron chi connectivity index (χ4n) is 1.51. The molecule has 0 saturated heterocycles. The van der Waals surface area contributed by atoms with Gasteiger partial charge in [0.2, 0.25) is 0 Å². The van der Waals surface area contributed by atoms with Crippen molar-refractivity contribution in [2.45, 2.75) is 39.5 Å². The molecule has 74 valence electrons. The molecular weight excluding hydrogens is 168 g/mol. The first-order chi connectivity index (χ1) is 5.54. The summed E-state index contributed by atoms with van der Waals surface area (Å²) in [5.74, 6) is 0.639. The van der Waals surface area contributed by atoms with E-state index in [2.05, 4.69) is 13.8 Å². The van der Waals surface area contributed by atoms with Crippen molar-refractivity contribution >= 4 is 10.2 Å². The van der Waals surface area contributed by atoms with Gasteiger partial charge in [0, 0.05) is 13.2 Å². The van der Waals surface area contributed by atoms with Gasteiger partial charge in [-0.15, -0.1) is 0 Å². The van der Waals surface area contributed by atoms with Crippen LogP contribution in [-0.4, -0.2) is 28.9 Å². The molecule has 0 aromatic rings. The Hall–Kier alpha value is 0.137. The van der Waals surface area contributed by atoms with Crippen molar-refractivity contribution in [3.05, 3.63) is 0 Å². The number of hydrogen-bond donors (Lipinski definition) is 0. The van der Waals surface area contributed by atoms with Gasteiger partial charge in [-0.25, -0.2) is 0 Å². The monoisotopic (exact) mass is 190 g/mol. The zero-order valence-corrected chi connectivity index (χ0v) is 11.0. The molecule has 0 spiro atoms. The van der Waals surface area contributed by atoms with Crippen LogP contribution in [-0.2, 0) is 9.47 Å². The Balaban J connectivity index is 3.98. The van der Waals surface area contributed by atoms with Gasteiger partial charge in [0.1, 0.15) is 5.41 Å². The summed E-state index contributed by atoms with van der Waals surface area (Å²) in [4.78, 5) is 0. The van der Waals surface area contributed by atoms with Crippen LogP contribution in [0.1, 0.15) is 34.1 Å². The zero-order valence-electron chi connectivity index (χ0n) is 9.02. The van der Waals surface area contributed by atoms with Gasteiger partial charge >= 0.3 is 0 Å². The van der Waals surface area contributed by atoms with E-state index >= 15 is 0 Å². The van der Waals surface area contributed by atoms with Crippen LogP contribution in [0.15, 0.2) is 0 Å². The first-order valence-electron chi connectivity index (χ1n) is 4.82. The molecule has 3 heteroatoms.